The Morgan fingerprint density at radius 1 is 1.15 bits per heavy atom. The third-order valence-electron chi connectivity index (χ3n) is 2.40. The summed E-state index contributed by atoms with van der Waals surface area (Å²) < 4.78 is 64.4. The smallest absolute Gasteiger partial charge is 0.364 e. The number of rotatable bonds is 2. The molecule has 0 radical (unpaired) electrons. The summed E-state index contributed by atoms with van der Waals surface area (Å²) in [6.07, 6.45) is -5.02. The Labute approximate surface area is 107 Å². The van der Waals surface area contributed by atoms with E-state index in [1.54, 1.807) is 0 Å². The maximum absolute atomic E-state index is 13.6. The summed E-state index contributed by atoms with van der Waals surface area (Å²) in [5, 5.41) is 8.59. The lowest BCUT2D eigenvalue weighted by Gasteiger charge is -2.10. The third kappa shape index (κ3) is 2.31. The number of nitrogens with two attached hydrogens (primary N) is 1. The molecule has 0 aliphatic rings. The van der Waals surface area contributed by atoms with Crippen molar-refractivity contribution < 1.29 is 26.7 Å². The third-order valence-corrected chi connectivity index (χ3v) is 2.40. The SMILES string of the molecule is NC(=O)c1n[nH]nc1-c1cc(C(F)(F)F)c(F)cc1F. The first-order valence-electron chi connectivity index (χ1n) is 4.99. The number of halogens is 5. The average Bonchev–Trinajstić information content (AvgIpc) is 2.75. The van der Waals surface area contributed by atoms with E-state index < -0.39 is 46.2 Å². The van der Waals surface area contributed by atoms with E-state index >= 15 is 0 Å². The molecule has 106 valence electrons. The van der Waals surface area contributed by atoms with Crippen LogP contribution in [0.1, 0.15) is 16.1 Å². The van der Waals surface area contributed by atoms with Gasteiger partial charge in [-0.2, -0.15) is 28.6 Å². The van der Waals surface area contributed by atoms with Crippen LogP contribution in [-0.4, -0.2) is 21.3 Å². The number of carbonyl (C=O) groups is 1. The Hall–Kier alpha value is -2.52. The number of primary amides is 1. The first-order chi connectivity index (χ1) is 9.21. The van der Waals surface area contributed by atoms with Gasteiger partial charge in [-0.1, -0.05) is 0 Å². The van der Waals surface area contributed by atoms with Crippen LogP contribution in [-0.2, 0) is 6.18 Å². The molecule has 0 atom stereocenters. The summed E-state index contributed by atoms with van der Waals surface area (Å²) in [5.41, 5.74) is 1.42. The van der Waals surface area contributed by atoms with Gasteiger partial charge in [0.1, 0.15) is 17.3 Å². The molecule has 3 N–H and O–H groups in total. The maximum Gasteiger partial charge on any atom is 0.419 e. The molecule has 10 heteroatoms. The number of nitrogens with zero attached hydrogens (tertiary/aromatic N) is 2. The Bertz CT molecular complexity index is 679. The number of hydrogen-bond donors (Lipinski definition) is 2. The lowest BCUT2D eigenvalue weighted by Crippen LogP contribution is -2.14. The van der Waals surface area contributed by atoms with Crippen LogP contribution in [0.2, 0.25) is 0 Å². The maximum atomic E-state index is 13.6. The van der Waals surface area contributed by atoms with E-state index in [2.05, 4.69) is 10.2 Å². The van der Waals surface area contributed by atoms with E-state index in [1.165, 1.54) is 0 Å². The topological polar surface area (TPSA) is 84.7 Å². The summed E-state index contributed by atoms with van der Waals surface area (Å²) in [6.45, 7) is 0. The van der Waals surface area contributed by atoms with E-state index in [0.717, 1.165) is 0 Å². The molecule has 20 heavy (non-hydrogen) atoms. The number of benzene rings is 1. The van der Waals surface area contributed by atoms with Crippen molar-refractivity contribution in [3.05, 3.63) is 35.0 Å². The first-order valence-corrected chi connectivity index (χ1v) is 4.99. The predicted molar refractivity (Wildman–Crippen MR) is 55.3 cm³/mol. The van der Waals surface area contributed by atoms with Gasteiger partial charge in [0, 0.05) is 11.6 Å². The van der Waals surface area contributed by atoms with Crippen molar-refractivity contribution in [1.29, 1.82) is 0 Å². The molecule has 0 unspecified atom stereocenters. The second kappa shape index (κ2) is 4.54. The molecule has 0 aliphatic carbocycles. The van der Waals surface area contributed by atoms with Crippen LogP contribution >= 0.6 is 0 Å². The van der Waals surface area contributed by atoms with E-state index in [-0.39, 0.29) is 12.1 Å². The molecule has 0 saturated carbocycles. The molecule has 0 aliphatic heterocycles. The summed E-state index contributed by atoms with van der Waals surface area (Å²) in [7, 11) is 0. The van der Waals surface area contributed by atoms with Crippen LogP contribution in [0, 0.1) is 11.6 Å². The van der Waals surface area contributed by atoms with Gasteiger partial charge in [-0.25, -0.2) is 8.78 Å². The average molecular weight is 292 g/mol. The highest BCUT2D eigenvalue weighted by molar-refractivity contribution is 5.96. The van der Waals surface area contributed by atoms with Gasteiger partial charge < -0.3 is 5.73 Å². The minimum atomic E-state index is -5.02. The van der Waals surface area contributed by atoms with Gasteiger partial charge in [-0.05, 0) is 6.07 Å². The zero-order chi connectivity index (χ0) is 15.1. The monoisotopic (exact) mass is 292 g/mol. The largest absolute Gasteiger partial charge is 0.419 e. The number of hydrogen-bond acceptors (Lipinski definition) is 3. The zero-order valence-electron chi connectivity index (χ0n) is 9.42. The standard InChI is InChI=1S/C10H5F5N4O/c11-5-2-6(12)4(10(13,14)15)1-3(5)7-8(9(16)20)18-19-17-7/h1-2H,(H2,16,20)(H,17,18,19). The van der Waals surface area contributed by atoms with Gasteiger partial charge in [-0.15, -0.1) is 0 Å². The molecule has 2 aromatic rings. The summed E-state index contributed by atoms with van der Waals surface area (Å²) in [6, 6.07) is 0.257. The number of aromatic nitrogens is 3. The summed E-state index contributed by atoms with van der Waals surface area (Å²) in [5.74, 6) is -4.22. The van der Waals surface area contributed by atoms with Crippen LogP contribution in [0.3, 0.4) is 0 Å². The van der Waals surface area contributed by atoms with Crippen LogP contribution < -0.4 is 5.73 Å². The number of nitrogens with one attached hydrogen (secondary N) is 1. The van der Waals surface area contributed by atoms with E-state index in [1.807, 2.05) is 5.21 Å². The lowest BCUT2D eigenvalue weighted by atomic mass is 10.0. The van der Waals surface area contributed by atoms with Gasteiger partial charge in [0.05, 0.1) is 5.56 Å². The van der Waals surface area contributed by atoms with Crippen molar-refractivity contribution in [2.75, 3.05) is 0 Å². The van der Waals surface area contributed by atoms with Crippen LogP contribution in [0.15, 0.2) is 12.1 Å². The van der Waals surface area contributed by atoms with Crippen LogP contribution in [0.25, 0.3) is 11.3 Å². The van der Waals surface area contributed by atoms with Gasteiger partial charge in [-0.3, -0.25) is 4.79 Å². The van der Waals surface area contributed by atoms with Gasteiger partial charge in [0.2, 0.25) is 0 Å². The van der Waals surface area contributed by atoms with Crippen molar-refractivity contribution in [2.45, 2.75) is 6.18 Å². The molecule has 0 saturated heterocycles. The highest BCUT2D eigenvalue weighted by atomic mass is 19.4. The van der Waals surface area contributed by atoms with Crippen molar-refractivity contribution in [3.63, 3.8) is 0 Å². The van der Waals surface area contributed by atoms with Crippen molar-refractivity contribution in [1.82, 2.24) is 15.4 Å². The Balaban J connectivity index is 2.69. The molecule has 0 spiro atoms. The number of carbonyl (C=O) groups excluding carboxylic acids is 1. The number of alkyl halides is 3. The van der Waals surface area contributed by atoms with E-state index in [0.29, 0.717) is 0 Å². The minimum Gasteiger partial charge on any atom is -0.364 e. The van der Waals surface area contributed by atoms with Crippen molar-refractivity contribution in [3.8, 4) is 11.3 Å². The molecular formula is C10H5F5N4O. The quantitative estimate of drug-likeness (QED) is 0.829. The van der Waals surface area contributed by atoms with Gasteiger partial charge in [0.25, 0.3) is 5.91 Å². The highest BCUT2D eigenvalue weighted by Gasteiger charge is 2.36. The summed E-state index contributed by atoms with van der Waals surface area (Å²) in [4.78, 5) is 11.0. The fourth-order valence-electron chi connectivity index (χ4n) is 1.54. The normalized spacial score (nSPS) is 11.7. The van der Waals surface area contributed by atoms with Crippen molar-refractivity contribution >= 4 is 5.91 Å². The molecule has 0 bridgehead atoms. The predicted octanol–water partition coefficient (Wildman–Crippen LogP) is 1.87. The second-order valence-electron chi connectivity index (χ2n) is 3.69. The zero-order valence-corrected chi connectivity index (χ0v) is 9.42. The van der Waals surface area contributed by atoms with Crippen LogP contribution in [0.5, 0.6) is 0 Å². The molecular weight excluding hydrogens is 287 g/mol. The Morgan fingerprint density at radius 2 is 1.80 bits per heavy atom. The summed E-state index contributed by atoms with van der Waals surface area (Å²) >= 11 is 0. The van der Waals surface area contributed by atoms with Gasteiger partial charge in [0.15, 0.2) is 5.69 Å². The lowest BCUT2D eigenvalue weighted by molar-refractivity contribution is -0.140. The van der Waals surface area contributed by atoms with E-state index in [4.69, 9.17) is 5.73 Å². The Kier molecular flexibility index (Phi) is 3.16. The molecule has 1 aromatic heterocycles. The molecule has 5 nitrogen and oxygen atoms in total. The molecule has 1 aromatic carbocycles. The molecule has 0 fully saturated rings. The number of H-pyrrole nitrogens is 1. The fraction of sp³-hybridized carbons (Fsp3) is 0.100. The van der Waals surface area contributed by atoms with E-state index in [9.17, 15) is 26.7 Å². The number of aromatic amines is 1. The second-order valence-corrected chi connectivity index (χ2v) is 3.69. The van der Waals surface area contributed by atoms with Crippen LogP contribution in [0.4, 0.5) is 22.0 Å². The molecule has 2 rings (SSSR count). The van der Waals surface area contributed by atoms with Gasteiger partial charge >= 0.3 is 6.18 Å². The Morgan fingerprint density at radius 3 is 2.35 bits per heavy atom. The van der Waals surface area contributed by atoms with Crippen molar-refractivity contribution in [2.24, 2.45) is 5.73 Å². The fourth-order valence-corrected chi connectivity index (χ4v) is 1.54. The molecule has 1 heterocycles. The molecule has 1 amide bonds. The highest BCUT2D eigenvalue weighted by Crippen LogP contribution is 2.35. The first kappa shape index (κ1) is 13.9. The minimum absolute atomic E-state index is 0.0532. The number of amides is 1.